The summed E-state index contributed by atoms with van der Waals surface area (Å²) >= 11 is 0. The fourth-order valence-electron chi connectivity index (χ4n) is 3.51. The van der Waals surface area contributed by atoms with Crippen molar-refractivity contribution in [2.75, 3.05) is 0 Å². The third kappa shape index (κ3) is 1.02. The zero-order valence-corrected chi connectivity index (χ0v) is 9.95. The first-order valence-corrected chi connectivity index (χ1v) is 6.93. The fraction of sp³-hybridized carbons (Fsp3) is 1.00. The maximum absolute atomic E-state index is 11.8. The molecule has 3 aliphatic heterocycles. The highest BCUT2D eigenvalue weighted by atomic mass is 32.2. The molecule has 86 valence electrons. The molecular weight excluding hydrogens is 216 g/mol. The molecule has 0 radical (unpaired) electrons. The van der Waals surface area contributed by atoms with E-state index in [1.807, 2.05) is 6.92 Å². The molecule has 3 aliphatic rings. The molecule has 2 bridgehead atoms. The smallest absolute Gasteiger partial charge is 0.273 e. The molecule has 0 N–H and O–H groups in total. The maximum atomic E-state index is 11.8. The van der Waals surface area contributed by atoms with Crippen molar-refractivity contribution < 1.29 is 17.3 Å². The quantitative estimate of drug-likeness (QED) is 0.631. The summed E-state index contributed by atoms with van der Waals surface area (Å²) in [6.45, 7) is 6.08. The topological polar surface area (TPSA) is 52.6 Å². The summed E-state index contributed by atoms with van der Waals surface area (Å²) in [5, 5.41) is -0.435. The zero-order valence-electron chi connectivity index (χ0n) is 9.14. The van der Waals surface area contributed by atoms with Gasteiger partial charge in [0.1, 0.15) is 17.0 Å². The Morgan fingerprint density at radius 2 is 2.07 bits per heavy atom. The van der Waals surface area contributed by atoms with Gasteiger partial charge in [-0.2, -0.15) is 8.42 Å². The van der Waals surface area contributed by atoms with Crippen LogP contribution in [0.1, 0.15) is 27.2 Å². The van der Waals surface area contributed by atoms with E-state index in [2.05, 4.69) is 13.8 Å². The average Bonchev–Trinajstić information content (AvgIpc) is 2.55. The SMILES string of the molecule is CC(C)C1C2CC3C(C)(O2)C1OS3(=O)=O. The molecule has 5 unspecified atom stereocenters. The van der Waals surface area contributed by atoms with Gasteiger partial charge in [0, 0.05) is 5.92 Å². The maximum Gasteiger partial charge on any atom is 0.273 e. The van der Waals surface area contributed by atoms with E-state index < -0.39 is 21.0 Å². The molecule has 5 atom stereocenters. The number of rotatable bonds is 1. The molecule has 0 aliphatic carbocycles. The molecule has 3 saturated heterocycles. The van der Waals surface area contributed by atoms with Gasteiger partial charge in [0.2, 0.25) is 0 Å². The molecule has 3 rings (SSSR count). The summed E-state index contributed by atoms with van der Waals surface area (Å²) in [4.78, 5) is 0. The molecule has 0 saturated carbocycles. The van der Waals surface area contributed by atoms with E-state index in [0.29, 0.717) is 12.3 Å². The lowest BCUT2D eigenvalue weighted by molar-refractivity contribution is 0.00114. The van der Waals surface area contributed by atoms with Gasteiger partial charge in [-0.1, -0.05) is 13.8 Å². The molecule has 0 aromatic heterocycles. The Balaban J connectivity index is 2.09. The van der Waals surface area contributed by atoms with Crippen LogP contribution in [0.25, 0.3) is 0 Å². The Hall–Kier alpha value is -0.130. The van der Waals surface area contributed by atoms with Crippen LogP contribution in [-0.2, 0) is 19.0 Å². The fourth-order valence-corrected chi connectivity index (χ4v) is 5.44. The second kappa shape index (κ2) is 2.57. The van der Waals surface area contributed by atoms with Crippen molar-refractivity contribution in [3.63, 3.8) is 0 Å². The molecular formula is C10H16O4S. The van der Waals surface area contributed by atoms with Gasteiger partial charge in [-0.05, 0) is 19.3 Å². The second-order valence-corrected chi connectivity index (χ2v) is 7.14. The molecule has 0 aromatic carbocycles. The van der Waals surface area contributed by atoms with E-state index in [1.54, 1.807) is 0 Å². The van der Waals surface area contributed by atoms with Crippen LogP contribution in [0, 0.1) is 11.8 Å². The van der Waals surface area contributed by atoms with Crippen LogP contribution in [0.2, 0.25) is 0 Å². The van der Waals surface area contributed by atoms with E-state index in [1.165, 1.54) is 0 Å². The Morgan fingerprint density at radius 1 is 1.40 bits per heavy atom. The minimum atomic E-state index is -3.38. The molecule has 4 nitrogen and oxygen atoms in total. The van der Waals surface area contributed by atoms with Gasteiger partial charge in [0.25, 0.3) is 10.1 Å². The Morgan fingerprint density at radius 3 is 2.67 bits per heavy atom. The predicted octanol–water partition coefficient (Wildman–Crippen LogP) is 0.917. The van der Waals surface area contributed by atoms with Crippen LogP contribution in [-0.4, -0.2) is 31.5 Å². The first-order valence-electron chi connectivity index (χ1n) is 5.46. The van der Waals surface area contributed by atoms with Crippen LogP contribution in [0.15, 0.2) is 0 Å². The molecule has 3 heterocycles. The van der Waals surface area contributed by atoms with E-state index in [0.717, 1.165) is 0 Å². The van der Waals surface area contributed by atoms with Crippen LogP contribution >= 0.6 is 0 Å². The van der Waals surface area contributed by atoms with Crippen molar-refractivity contribution in [2.45, 2.75) is 50.3 Å². The van der Waals surface area contributed by atoms with E-state index >= 15 is 0 Å². The summed E-state index contributed by atoms with van der Waals surface area (Å²) in [6, 6.07) is 0. The third-order valence-electron chi connectivity index (χ3n) is 4.19. The highest BCUT2D eigenvalue weighted by Crippen LogP contribution is 2.58. The molecule has 0 aromatic rings. The summed E-state index contributed by atoms with van der Waals surface area (Å²) in [6.07, 6.45) is 0.423. The molecule has 15 heavy (non-hydrogen) atoms. The van der Waals surface area contributed by atoms with E-state index in [-0.39, 0.29) is 18.1 Å². The number of ether oxygens (including phenoxy) is 1. The van der Waals surface area contributed by atoms with Gasteiger partial charge >= 0.3 is 0 Å². The summed E-state index contributed by atoms with van der Waals surface area (Å²) < 4.78 is 34.6. The van der Waals surface area contributed by atoms with Crippen molar-refractivity contribution in [1.82, 2.24) is 0 Å². The Labute approximate surface area is 90.1 Å². The van der Waals surface area contributed by atoms with Gasteiger partial charge in [0.05, 0.1) is 6.10 Å². The zero-order chi connectivity index (χ0) is 11.0. The van der Waals surface area contributed by atoms with Crippen LogP contribution in [0.3, 0.4) is 0 Å². The van der Waals surface area contributed by atoms with Crippen LogP contribution in [0.4, 0.5) is 0 Å². The van der Waals surface area contributed by atoms with Gasteiger partial charge in [-0.25, -0.2) is 0 Å². The normalized spacial score (nSPS) is 55.5. The first kappa shape index (κ1) is 10.1. The van der Waals surface area contributed by atoms with Crippen LogP contribution < -0.4 is 0 Å². The lowest BCUT2D eigenvalue weighted by atomic mass is 9.74. The first-order chi connectivity index (χ1) is 6.86. The minimum Gasteiger partial charge on any atom is -0.367 e. The summed E-state index contributed by atoms with van der Waals surface area (Å²) in [5.41, 5.74) is -0.585. The monoisotopic (exact) mass is 232 g/mol. The van der Waals surface area contributed by atoms with Crippen molar-refractivity contribution >= 4 is 10.1 Å². The van der Waals surface area contributed by atoms with Crippen molar-refractivity contribution in [3.8, 4) is 0 Å². The highest BCUT2D eigenvalue weighted by Gasteiger charge is 2.72. The standard InChI is InChI=1S/C10H16O4S/c1-5(2)8-6-4-7-10(3,13-6)9(8)14-15(7,11)12/h5-9H,4H2,1-3H3. The molecule has 0 amide bonds. The number of hydrogen-bond acceptors (Lipinski definition) is 4. The summed E-state index contributed by atoms with van der Waals surface area (Å²) in [5.74, 6) is 0.625. The van der Waals surface area contributed by atoms with Crippen molar-refractivity contribution in [1.29, 1.82) is 0 Å². The lowest BCUT2D eigenvalue weighted by Gasteiger charge is -2.29. The van der Waals surface area contributed by atoms with Gasteiger partial charge in [0.15, 0.2) is 0 Å². The molecule has 5 heteroatoms. The van der Waals surface area contributed by atoms with E-state index in [9.17, 15) is 8.42 Å². The molecule has 0 spiro atoms. The molecule has 3 fully saturated rings. The van der Waals surface area contributed by atoms with Gasteiger partial charge in [-0.15, -0.1) is 0 Å². The van der Waals surface area contributed by atoms with Crippen LogP contribution in [0.5, 0.6) is 0 Å². The highest BCUT2D eigenvalue weighted by molar-refractivity contribution is 7.87. The lowest BCUT2D eigenvalue weighted by Crippen LogP contribution is -2.45. The third-order valence-corrected chi connectivity index (χ3v) is 6.02. The van der Waals surface area contributed by atoms with Gasteiger partial charge < -0.3 is 4.74 Å². The van der Waals surface area contributed by atoms with Gasteiger partial charge in [-0.3, -0.25) is 4.18 Å². The Bertz CT molecular complexity index is 402. The van der Waals surface area contributed by atoms with Crippen molar-refractivity contribution in [3.05, 3.63) is 0 Å². The van der Waals surface area contributed by atoms with Crippen molar-refractivity contribution in [2.24, 2.45) is 11.8 Å². The number of hydrogen-bond donors (Lipinski definition) is 0. The number of fused-ring (bicyclic) bond motifs is 1. The second-order valence-electron chi connectivity index (χ2n) is 5.40. The largest absolute Gasteiger partial charge is 0.367 e. The van der Waals surface area contributed by atoms with E-state index in [4.69, 9.17) is 8.92 Å². The Kier molecular flexibility index (Phi) is 1.73. The summed E-state index contributed by atoms with van der Waals surface area (Å²) in [7, 11) is -3.38. The predicted molar refractivity (Wildman–Crippen MR) is 53.8 cm³/mol. The average molecular weight is 232 g/mol. The minimum absolute atomic E-state index is 0.0716.